The Morgan fingerprint density at radius 2 is 1.70 bits per heavy atom. The van der Waals surface area contributed by atoms with Crippen LogP contribution in [0.25, 0.3) is 0 Å². The van der Waals surface area contributed by atoms with Crippen LogP contribution in [-0.4, -0.2) is 50.7 Å². The number of non-ortho nitro benzene ring substituents is 1. The van der Waals surface area contributed by atoms with E-state index in [9.17, 15) is 23.3 Å². The Labute approximate surface area is 174 Å². The summed E-state index contributed by atoms with van der Waals surface area (Å²) in [5.41, 5.74) is 0.309. The van der Waals surface area contributed by atoms with E-state index < -0.39 is 14.9 Å². The summed E-state index contributed by atoms with van der Waals surface area (Å²) in [4.78, 5) is 22.9. The number of piperidine rings is 1. The highest BCUT2D eigenvalue weighted by molar-refractivity contribution is 7.89. The van der Waals surface area contributed by atoms with Crippen molar-refractivity contribution in [1.29, 1.82) is 0 Å². The second kappa shape index (κ2) is 8.80. The van der Waals surface area contributed by atoms with Crippen LogP contribution in [0.2, 0.25) is 0 Å². The van der Waals surface area contributed by atoms with E-state index in [-0.39, 0.29) is 41.1 Å². The largest absolute Gasteiger partial charge is 0.497 e. The fourth-order valence-electron chi connectivity index (χ4n) is 3.47. The normalized spacial score (nSPS) is 15.5. The third-order valence-corrected chi connectivity index (χ3v) is 7.11. The van der Waals surface area contributed by atoms with Crippen LogP contribution in [0.1, 0.15) is 23.2 Å². The number of benzene rings is 2. The van der Waals surface area contributed by atoms with Gasteiger partial charge in [0.2, 0.25) is 10.0 Å². The van der Waals surface area contributed by atoms with Crippen LogP contribution >= 0.6 is 0 Å². The van der Waals surface area contributed by atoms with Crippen molar-refractivity contribution in [3.05, 3.63) is 58.1 Å². The lowest BCUT2D eigenvalue weighted by Gasteiger charge is -2.30. The number of ketones is 1. The summed E-state index contributed by atoms with van der Waals surface area (Å²) >= 11 is 0. The average molecular weight is 434 g/mol. The van der Waals surface area contributed by atoms with E-state index in [0.717, 1.165) is 12.1 Å². The van der Waals surface area contributed by atoms with Gasteiger partial charge in [0, 0.05) is 30.6 Å². The topological polar surface area (TPSA) is 116 Å². The molecule has 2 aromatic rings. The molecule has 1 fully saturated rings. The molecule has 0 atom stereocenters. The van der Waals surface area contributed by atoms with E-state index in [1.165, 1.54) is 17.5 Å². The molecule has 1 aliphatic heterocycles. The van der Waals surface area contributed by atoms with Gasteiger partial charge in [-0.2, -0.15) is 4.31 Å². The highest BCUT2D eigenvalue weighted by atomic mass is 32.2. The number of rotatable bonds is 7. The summed E-state index contributed by atoms with van der Waals surface area (Å²) in [6, 6.07) is 10.2. The molecule has 1 aliphatic rings. The molecule has 160 valence electrons. The fraction of sp³-hybridized carbons (Fsp3) is 0.350. The molecule has 0 N–H and O–H groups in total. The van der Waals surface area contributed by atoms with Gasteiger partial charge in [-0.05, 0) is 43.2 Å². The maximum Gasteiger partial charge on any atom is 0.273 e. The first kappa shape index (κ1) is 21.7. The first-order valence-electron chi connectivity index (χ1n) is 9.28. The monoisotopic (exact) mass is 434 g/mol. The standard InChI is InChI=1S/C20H22N2O7S/c1-28-17-6-3-14(4-7-17)20(23)15-9-11-21(12-10-15)30(26,27)19-8-5-16(22(24)25)13-18(19)29-2/h3-8,13,15H,9-12H2,1-2H3. The zero-order chi connectivity index (χ0) is 21.9. The maximum atomic E-state index is 13.0. The maximum absolute atomic E-state index is 13.0. The van der Waals surface area contributed by atoms with Gasteiger partial charge in [-0.15, -0.1) is 0 Å². The molecule has 0 spiro atoms. The van der Waals surface area contributed by atoms with E-state index >= 15 is 0 Å². The number of nitro groups is 1. The first-order chi connectivity index (χ1) is 14.3. The van der Waals surface area contributed by atoms with Gasteiger partial charge in [0.05, 0.1) is 25.2 Å². The molecule has 3 rings (SSSR count). The molecule has 0 aromatic heterocycles. The van der Waals surface area contributed by atoms with Crippen LogP contribution in [0, 0.1) is 16.0 Å². The second-order valence-corrected chi connectivity index (χ2v) is 8.77. The van der Waals surface area contributed by atoms with Gasteiger partial charge in [0.15, 0.2) is 5.78 Å². The number of ether oxygens (including phenoxy) is 2. The summed E-state index contributed by atoms with van der Waals surface area (Å²) < 4.78 is 37.5. The van der Waals surface area contributed by atoms with Crippen LogP contribution < -0.4 is 9.47 Å². The van der Waals surface area contributed by atoms with Crippen molar-refractivity contribution in [3.63, 3.8) is 0 Å². The Hall–Kier alpha value is -2.98. The molecule has 1 heterocycles. The zero-order valence-electron chi connectivity index (χ0n) is 16.6. The van der Waals surface area contributed by atoms with Crippen molar-refractivity contribution in [1.82, 2.24) is 4.31 Å². The number of nitrogens with zero attached hydrogens (tertiary/aromatic N) is 2. The summed E-state index contributed by atoms with van der Waals surface area (Å²) in [6.45, 7) is 0.351. The smallest absolute Gasteiger partial charge is 0.273 e. The summed E-state index contributed by atoms with van der Waals surface area (Å²) in [6.07, 6.45) is 0.777. The SMILES string of the molecule is COc1ccc(C(=O)C2CCN(S(=O)(=O)c3ccc([N+](=O)[O-])cc3OC)CC2)cc1. The molecule has 0 amide bonds. The van der Waals surface area contributed by atoms with Crippen molar-refractivity contribution < 1.29 is 27.6 Å². The molecular formula is C20H22N2O7S. The molecular weight excluding hydrogens is 412 g/mol. The van der Waals surface area contributed by atoms with Gasteiger partial charge in [-0.1, -0.05) is 0 Å². The number of hydrogen-bond acceptors (Lipinski definition) is 7. The molecule has 0 saturated carbocycles. The van der Waals surface area contributed by atoms with E-state index in [2.05, 4.69) is 0 Å². The predicted octanol–water partition coefficient (Wildman–Crippen LogP) is 2.90. The Morgan fingerprint density at radius 3 is 2.23 bits per heavy atom. The molecule has 0 radical (unpaired) electrons. The van der Waals surface area contributed by atoms with Crippen LogP contribution in [0.15, 0.2) is 47.4 Å². The van der Waals surface area contributed by atoms with Crippen LogP contribution in [0.4, 0.5) is 5.69 Å². The molecule has 2 aromatic carbocycles. The molecule has 30 heavy (non-hydrogen) atoms. The van der Waals surface area contributed by atoms with Gasteiger partial charge in [0.1, 0.15) is 16.4 Å². The Bertz CT molecular complexity index is 1040. The lowest BCUT2D eigenvalue weighted by atomic mass is 9.89. The third kappa shape index (κ3) is 4.29. The lowest BCUT2D eigenvalue weighted by Crippen LogP contribution is -2.40. The number of hydrogen-bond donors (Lipinski definition) is 0. The fourth-order valence-corrected chi connectivity index (χ4v) is 5.08. The number of carbonyl (C=O) groups excluding carboxylic acids is 1. The third-order valence-electron chi connectivity index (χ3n) is 5.18. The molecule has 0 aliphatic carbocycles. The first-order valence-corrected chi connectivity index (χ1v) is 10.7. The number of nitro benzene ring substituents is 1. The number of Topliss-reactive ketones (excluding diaryl/α,β-unsaturated/α-hetero) is 1. The van der Waals surface area contributed by atoms with Gasteiger partial charge >= 0.3 is 0 Å². The highest BCUT2D eigenvalue weighted by Gasteiger charge is 2.34. The number of carbonyl (C=O) groups is 1. The van der Waals surface area contributed by atoms with Crippen molar-refractivity contribution in [3.8, 4) is 11.5 Å². The molecule has 9 nitrogen and oxygen atoms in total. The number of methoxy groups -OCH3 is 2. The summed E-state index contributed by atoms with van der Waals surface area (Å²) in [5.74, 6) is 0.274. The van der Waals surface area contributed by atoms with Crippen LogP contribution in [0.3, 0.4) is 0 Å². The second-order valence-electron chi connectivity index (χ2n) is 6.86. The quantitative estimate of drug-likeness (QED) is 0.374. The van der Waals surface area contributed by atoms with Crippen molar-refractivity contribution in [2.24, 2.45) is 5.92 Å². The van der Waals surface area contributed by atoms with Gasteiger partial charge in [-0.25, -0.2) is 8.42 Å². The minimum atomic E-state index is -3.91. The summed E-state index contributed by atoms with van der Waals surface area (Å²) in [5, 5.41) is 10.9. The van der Waals surface area contributed by atoms with E-state index in [1.807, 2.05) is 0 Å². The van der Waals surface area contributed by atoms with Crippen molar-refractivity contribution in [2.45, 2.75) is 17.7 Å². The Balaban J connectivity index is 1.73. The molecule has 10 heteroatoms. The van der Waals surface area contributed by atoms with E-state index in [1.54, 1.807) is 31.4 Å². The Kier molecular flexibility index (Phi) is 6.37. The molecule has 1 saturated heterocycles. The van der Waals surface area contributed by atoms with E-state index in [4.69, 9.17) is 9.47 Å². The van der Waals surface area contributed by atoms with Crippen LogP contribution in [-0.2, 0) is 10.0 Å². The van der Waals surface area contributed by atoms with E-state index in [0.29, 0.717) is 24.2 Å². The minimum Gasteiger partial charge on any atom is -0.497 e. The van der Waals surface area contributed by atoms with Gasteiger partial charge < -0.3 is 9.47 Å². The minimum absolute atomic E-state index is 0.0254. The summed E-state index contributed by atoms with van der Waals surface area (Å²) in [7, 11) is -1.10. The van der Waals surface area contributed by atoms with Crippen molar-refractivity contribution >= 4 is 21.5 Å². The highest BCUT2D eigenvalue weighted by Crippen LogP contribution is 2.33. The van der Waals surface area contributed by atoms with Crippen molar-refractivity contribution in [2.75, 3.05) is 27.3 Å². The van der Waals surface area contributed by atoms with Gasteiger partial charge in [-0.3, -0.25) is 14.9 Å². The van der Waals surface area contributed by atoms with Gasteiger partial charge in [0.25, 0.3) is 5.69 Å². The molecule has 0 bridgehead atoms. The predicted molar refractivity (Wildman–Crippen MR) is 108 cm³/mol. The lowest BCUT2D eigenvalue weighted by molar-refractivity contribution is -0.385. The van der Waals surface area contributed by atoms with Crippen LogP contribution in [0.5, 0.6) is 11.5 Å². The zero-order valence-corrected chi connectivity index (χ0v) is 17.4. The number of sulfonamides is 1. The molecule has 0 unspecified atom stereocenters. The average Bonchev–Trinajstić information content (AvgIpc) is 2.78. The Morgan fingerprint density at radius 1 is 1.07 bits per heavy atom.